The molecule has 18 rings (SSSR count). The lowest BCUT2D eigenvalue weighted by molar-refractivity contribution is -0.136. The average molecular weight is 1760 g/mol. The van der Waals surface area contributed by atoms with Gasteiger partial charge in [0, 0.05) is 160 Å². The number of piperidine rings is 1. The zero-order chi connectivity index (χ0) is 89.8. The van der Waals surface area contributed by atoms with Crippen LogP contribution in [0.3, 0.4) is 0 Å². The van der Waals surface area contributed by atoms with Gasteiger partial charge in [-0.05, 0) is 164 Å². The Morgan fingerprint density at radius 3 is 1.19 bits per heavy atom. The molecule has 6 aromatic carbocycles. The number of carbonyl (C=O) groups is 3. The fraction of sp³-hybridized carbons (Fsp3) is 0.465. The number of nitriles is 2. The molecule has 0 bridgehead atoms. The third kappa shape index (κ3) is 20.3. The molecule has 129 heavy (non-hydrogen) atoms. The number of aromatic nitrogens is 6. The summed E-state index contributed by atoms with van der Waals surface area (Å²) in [6.07, 6.45) is 10.8. The second-order valence-electron chi connectivity index (χ2n) is 35.1. The maximum atomic E-state index is 14.1. The summed E-state index contributed by atoms with van der Waals surface area (Å²) < 4.78 is 66.6. The molecule has 0 radical (unpaired) electrons. The molecule has 3 aromatic heterocycles. The fourth-order valence-corrected chi connectivity index (χ4v) is 20.2. The lowest BCUT2D eigenvalue weighted by atomic mass is 9.98. The van der Waals surface area contributed by atoms with Crippen LogP contribution in [0.2, 0.25) is 0 Å². The third-order valence-electron chi connectivity index (χ3n) is 27.3. The van der Waals surface area contributed by atoms with Gasteiger partial charge in [0.25, 0.3) is 0 Å². The Morgan fingerprint density at radius 2 is 0.791 bits per heavy atom. The number of fused-ring (bicyclic) bond motifs is 6. The van der Waals surface area contributed by atoms with Gasteiger partial charge in [-0.1, -0.05) is 123 Å². The first kappa shape index (κ1) is 90.1. The van der Waals surface area contributed by atoms with E-state index in [-0.39, 0.29) is 72.7 Å². The number of halogens is 3. The normalized spacial score (nSPS) is 20.9. The van der Waals surface area contributed by atoms with Gasteiger partial charge in [0.1, 0.15) is 37.3 Å². The van der Waals surface area contributed by atoms with Crippen LogP contribution in [0.15, 0.2) is 159 Å². The fourth-order valence-electron chi connectivity index (χ4n) is 20.2. The molecular formula is C99H117F3N20O7. The minimum Gasteiger partial charge on any atom is -0.462 e. The van der Waals surface area contributed by atoms with E-state index in [1.54, 1.807) is 41.2 Å². The number of benzene rings is 6. The highest BCUT2D eigenvalue weighted by atomic mass is 19.4. The topological polar surface area (TPSA) is 252 Å². The summed E-state index contributed by atoms with van der Waals surface area (Å²) in [5, 5.41) is 24.7. The van der Waals surface area contributed by atoms with Gasteiger partial charge in [0.15, 0.2) is 0 Å². The van der Waals surface area contributed by atoms with Crippen molar-refractivity contribution in [1.82, 2.24) is 59.3 Å². The molecule has 30 heteroatoms. The summed E-state index contributed by atoms with van der Waals surface area (Å²) in [5.41, 5.74) is 8.20. The van der Waals surface area contributed by atoms with E-state index >= 15 is 0 Å². The molecule has 6 atom stereocenters. The van der Waals surface area contributed by atoms with Crippen LogP contribution in [0.1, 0.15) is 104 Å². The van der Waals surface area contributed by atoms with E-state index in [0.29, 0.717) is 158 Å². The van der Waals surface area contributed by atoms with Crippen molar-refractivity contribution in [1.29, 1.82) is 10.5 Å². The van der Waals surface area contributed by atoms with Gasteiger partial charge >= 0.3 is 24.2 Å². The van der Waals surface area contributed by atoms with Crippen LogP contribution < -0.4 is 43.6 Å². The van der Waals surface area contributed by atoms with Crippen LogP contribution in [-0.4, -0.2) is 266 Å². The van der Waals surface area contributed by atoms with Crippen LogP contribution in [0.25, 0.3) is 32.3 Å². The molecule has 27 nitrogen and oxygen atoms in total. The van der Waals surface area contributed by atoms with Gasteiger partial charge in [0.2, 0.25) is 17.7 Å². The number of alkyl halides is 3. The van der Waals surface area contributed by atoms with E-state index < -0.39 is 11.7 Å². The molecule has 0 saturated carbocycles. The number of ether oxygens (including phenoxy) is 4. The predicted octanol–water partition coefficient (Wildman–Crippen LogP) is 12.9. The Kier molecular flexibility index (Phi) is 28.7. The smallest absolute Gasteiger partial charge is 0.417 e. The highest BCUT2D eigenvalue weighted by molar-refractivity contribution is 5.98. The highest BCUT2D eigenvalue weighted by Gasteiger charge is 2.41. The number of amides is 3. The van der Waals surface area contributed by atoms with E-state index in [0.717, 1.165) is 118 Å². The molecule has 9 aliphatic rings. The summed E-state index contributed by atoms with van der Waals surface area (Å²) >= 11 is 0. The second kappa shape index (κ2) is 41.0. The number of nitrogens with zero attached hydrogens (tertiary/aromatic N) is 20. The summed E-state index contributed by atoms with van der Waals surface area (Å²) in [6.45, 7) is 25.2. The molecule has 6 saturated heterocycles. The van der Waals surface area contributed by atoms with E-state index in [1.807, 2.05) is 9.80 Å². The van der Waals surface area contributed by atoms with Crippen LogP contribution in [0.4, 0.5) is 47.7 Å². The van der Waals surface area contributed by atoms with E-state index in [2.05, 4.69) is 177 Å². The number of likely N-dealkylation sites (tertiary alicyclic amines) is 3. The summed E-state index contributed by atoms with van der Waals surface area (Å²) in [5.74, 6) is 2.13. The number of carbonyl (C=O) groups excluding carboxylic acids is 3. The second-order valence-corrected chi connectivity index (χ2v) is 35.1. The van der Waals surface area contributed by atoms with Crippen LogP contribution in [0, 0.1) is 22.7 Å². The molecule has 6 fully saturated rings. The molecule has 3 amide bonds. The number of likely N-dealkylation sites (N-methyl/N-ethyl adjacent to an activating group) is 3. The quantitative estimate of drug-likeness (QED) is 0.0539. The minimum atomic E-state index is -4.50. The first-order valence-electron chi connectivity index (χ1n) is 45.5. The van der Waals surface area contributed by atoms with Crippen LogP contribution in [0.5, 0.6) is 18.0 Å². The standard InChI is InChI=1S/C33H36F3N7O2.C33H39N7O2.C33H42N6O3/c1-3-29(44)43-18-17-42(19-23(43)12-14-37)31-25-13-16-41(20-27(25)38-32(39-31)45-21-24-9-6-15-40(24)2)28-11-5-8-22-7-4-10-26(30(22)28)33(34,35)36;1-3-31(41)40-20-19-39(21-25(40)14-16-34)32-28-15-18-38(30-13-8-10-24-9-4-5-12-27(24)30)22-29(28)35-33(36-32)42-23-26-11-6-7-17-37(26)2;1-4-31(40)39-19-18-38(21-25(39)15-20-41-3)32-28-14-17-37(30-13-7-10-24-9-5-6-12-27(24)30)22-29(28)34-33(35-32)42-23-26-11-8-16-36(26)2/h3-5,7-8,10-11,23-24H,1,6,9,12-13,15-21H2,2H3;3-5,8-10,12-13,25-26H,1,6-7,11,14-15,17-23H2,2H3;4-7,9-10,12-13,25-26H,1,8,11,14-23H2,2-3H3/t23-,24-;25-,26+;25-,26-/m000/s1. The molecule has 0 N–H and O–H groups in total. The molecule has 0 spiro atoms. The molecule has 0 aliphatic carbocycles. The Hall–Kier alpha value is -12.2. The minimum absolute atomic E-state index is 0.0158. The van der Waals surface area contributed by atoms with Gasteiger partial charge in [-0.15, -0.1) is 0 Å². The zero-order valence-corrected chi connectivity index (χ0v) is 74.5. The van der Waals surface area contributed by atoms with Crippen molar-refractivity contribution in [3.8, 4) is 30.2 Å². The van der Waals surface area contributed by atoms with E-state index in [1.165, 1.54) is 82.0 Å². The lowest BCUT2D eigenvalue weighted by Gasteiger charge is -2.43. The maximum absolute atomic E-state index is 14.1. The summed E-state index contributed by atoms with van der Waals surface area (Å²) in [6, 6.07) is 45.5. The van der Waals surface area contributed by atoms with Crippen molar-refractivity contribution in [3.63, 3.8) is 0 Å². The SMILES string of the molecule is C=CC(=O)N1CCN(c2nc(OC[C@@H]3CCCN3C)nc3c2CCN(c2cccc4cccc(C(F)(F)F)c24)C3)C[C@@H]1CC#N.C=CC(=O)N1CCN(c2nc(OC[C@@H]3CCCN3C)nc3c2CCN(c2cccc4ccccc24)C3)C[C@@H]1CCOC.C=CC(=O)N1CCN(c2nc(OC[C@H]3CCCCN3C)nc3c2CCN(c2cccc4ccccc24)C3)C[C@@H]1CC#N. The van der Waals surface area contributed by atoms with Crippen molar-refractivity contribution in [2.75, 3.05) is 182 Å². The summed E-state index contributed by atoms with van der Waals surface area (Å²) in [7, 11) is 8.09. The Morgan fingerprint density at radius 1 is 0.426 bits per heavy atom. The molecule has 9 aliphatic heterocycles. The Labute approximate surface area is 753 Å². The van der Waals surface area contributed by atoms with Gasteiger partial charge in [-0.3, -0.25) is 14.4 Å². The molecule has 0 unspecified atom stereocenters. The van der Waals surface area contributed by atoms with Crippen molar-refractivity contribution >= 4 is 84.6 Å². The number of anilines is 6. The van der Waals surface area contributed by atoms with E-state index in [4.69, 9.17) is 48.9 Å². The maximum Gasteiger partial charge on any atom is 0.417 e. The van der Waals surface area contributed by atoms with Gasteiger partial charge in [-0.2, -0.15) is 53.6 Å². The molecular weight excluding hydrogens is 1640 g/mol. The van der Waals surface area contributed by atoms with Gasteiger partial charge in [0.05, 0.1) is 85.4 Å². The van der Waals surface area contributed by atoms with Crippen molar-refractivity contribution in [2.45, 2.75) is 146 Å². The van der Waals surface area contributed by atoms with Crippen molar-refractivity contribution in [2.24, 2.45) is 0 Å². The summed E-state index contributed by atoms with van der Waals surface area (Å²) in [4.78, 5) is 93.2. The predicted molar refractivity (Wildman–Crippen MR) is 496 cm³/mol. The first-order valence-corrected chi connectivity index (χ1v) is 45.5. The number of methoxy groups -OCH3 is 1. The number of rotatable bonds is 23. The van der Waals surface area contributed by atoms with Crippen LogP contribution in [-0.2, 0) is 64.2 Å². The molecule has 676 valence electrons. The Bertz CT molecular complexity index is 5640. The lowest BCUT2D eigenvalue weighted by Crippen LogP contribution is -2.55. The largest absolute Gasteiger partial charge is 0.462 e. The third-order valence-corrected chi connectivity index (χ3v) is 27.3. The van der Waals surface area contributed by atoms with E-state index in [9.17, 15) is 38.1 Å². The number of piperazine rings is 3. The monoisotopic (exact) mass is 1750 g/mol. The van der Waals surface area contributed by atoms with Gasteiger partial charge in [-0.25, -0.2) is 0 Å². The zero-order valence-electron chi connectivity index (χ0n) is 74.5. The van der Waals surface area contributed by atoms with Gasteiger partial charge < -0.3 is 77.7 Å². The van der Waals surface area contributed by atoms with Crippen LogP contribution >= 0.6 is 0 Å². The number of hydrogen-bond acceptors (Lipinski definition) is 24. The molecule has 9 aromatic rings. The first-order chi connectivity index (χ1) is 62.8. The van der Waals surface area contributed by atoms with Crippen molar-refractivity contribution < 1.29 is 46.5 Å². The highest BCUT2D eigenvalue weighted by Crippen LogP contribution is 2.44. The average Bonchev–Trinajstić information content (AvgIpc) is 1.07. The Balaban J connectivity index is 0.000000142. The van der Waals surface area contributed by atoms with Crippen molar-refractivity contribution in [3.05, 3.63) is 199 Å². The molecule has 12 heterocycles. The number of hydrogen-bond donors (Lipinski definition) is 0.